The van der Waals surface area contributed by atoms with Gasteiger partial charge in [-0.3, -0.25) is 4.79 Å². The third kappa shape index (κ3) is 3.95. The summed E-state index contributed by atoms with van der Waals surface area (Å²) in [4.78, 5) is 20.5. The fraction of sp³-hybridized carbons (Fsp3) is 0.176. The molecule has 7 nitrogen and oxygen atoms in total. The number of nitrogens with one attached hydrogen (secondary N) is 2. The predicted molar refractivity (Wildman–Crippen MR) is 88.9 cm³/mol. The topological polar surface area (TPSA) is 92.9 Å². The standard InChI is InChI=1S/C17H17N5O2/c1-11-3-5-13(6-4-11)10-19-16(23)14-7-8-18-17(20-14)21-15-9-12(2)24-22-15/h3-9H,10H2,1-2H3,(H,19,23)(H,18,20,21,22). The Balaban J connectivity index is 1.64. The van der Waals surface area contributed by atoms with Gasteiger partial charge >= 0.3 is 0 Å². The van der Waals surface area contributed by atoms with Crippen molar-refractivity contribution in [3.8, 4) is 0 Å². The Bertz CT molecular complexity index is 842. The lowest BCUT2D eigenvalue weighted by atomic mass is 10.1. The second kappa shape index (κ2) is 6.91. The highest BCUT2D eigenvalue weighted by molar-refractivity contribution is 5.92. The van der Waals surface area contributed by atoms with Crippen molar-refractivity contribution in [2.45, 2.75) is 20.4 Å². The van der Waals surface area contributed by atoms with Gasteiger partial charge in [0.15, 0.2) is 5.82 Å². The van der Waals surface area contributed by atoms with Gasteiger partial charge in [-0.25, -0.2) is 9.97 Å². The Morgan fingerprint density at radius 2 is 1.96 bits per heavy atom. The van der Waals surface area contributed by atoms with E-state index in [-0.39, 0.29) is 17.5 Å². The quantitative estimate of drug-likeness (QED) is 0.750. The molecule has 1 amide bonds. The summed E-state index contributed by atoms with van der Waals surface area (Å²) < 4.78 is 4.96. The highest BCUT2D eigenvalue weighted by atomic mass is 16.5. The van der Waals surface area contributed by atoms with Crippen LogP contribution in [0, 0.1) is 13.8 Å². The van der Waals surface area contributed by atoms with Gasteiger partial charge in [0.2, 0.25) is 5.95 Å². The molecule has 2 heterocycles. The number of carbonyl (C=O) groups excluding carboxylic acids is 1. The fourth-order valence-electron chi connectivity index (χ4n) is 2.06. The molecule has 0 aliphatic carbocycles. The molecule has 0 spiro atoms. The zero-order valence-electron chi connectivity index (χ0n) is 13.4. The minimum Gasteiger partial charge on any atom is -0.360 e. The average Bonchev–Trinajstić information content (AvgIpc) is 2.99. The van der Waals surface area contributed by atoms with Crippen molar-refractivity contribution in [2.24, 2.45) is 0 Å². The van der Waals surface area contributed by atoms with Gasteiger partial charge in [-0.2, -0.15) is 0 Å². The van der Waals surface area contributed by atoms with E-state index in [9.17, 15) is 4.79 Å². The van der Waals surface area contributed by atoms with Crippen molar-refractivity contribution < 1.29 is 9.32 Å². The molecule has 0 fully saturated rings. The molecule has 0 unspecified atom stereocenters. The number of hydrogen-bond acceptors (Lipinski definition) is 6. The van der Waals surface area contributed by atoms with E-state index in [4.69, 9.17) is 4.52 Å². The fourth-order valence-corrected chi connectivity index (χ4v) is 2.06. The molecule has 122 valence electrons. The second-order valence-electron chi connectivity index (χ2n) is 5.38. The number of hydrogen-bond donors (Lipinski definition) is 2. The summed E-state index contributed by atoms with van der Waals surface area (Å²) in [5, 5.41) is 9.53. The van der Waals surface area contributed by atoms with Gasteiger partial charge in [0.05, 0.1) is 0 Å². The van der Waals surface area contributed by atoms with Crippen LogP contribution in [-0.2, 0) is 6.54 Å². The monoisotopic (exact) mass is 323 g/mol. The van der Waals surface area contributed by atoms with E-state index in [1.165, 1.54) is 11.8 Å². The van der Waals surface area contributed by atoms with E-state index in [2.05, 4.69) is 25.8 Å². The van der Waals surface area contributed by atoms with Crippen LogP contribution in [-0.4, -0.2) is 21.0 Å². The van der Waals surface area contributed by atoms with Gasteiger partial charge in [0.25, 0.3) is 5.91 Å². The highest BCUT2D eigenvalue weighted by Crippen LogP contribution is 2.12. The van der Waals surface area contributed by atoms with Crippen LogP contribution in [0.25, 0.3) is 0 Å². The van der Waals surface area contributed by atoms with Crippen LogP contribution in [0.4, 0.5) is 11.8 Å². The van der Waals surface area contributed by atoms with Crippen molar-refractivity contribution in [1.82, 2.24) is 20.4 Å². The second-order valence-corrected chi connectivity index (χ2v) is 5.38. The third-order valence-corrected chi connectivity index (χ3v) is 3.33. The lowest BCUT2D eigenvalue weighted by Crippen LogP contribution is -2.24. The molecular weight excluding hydrogens is 306 g/mol. The first-order valence-electron chi connectivity index (χ1n) is 7.47. The smallest absolute Gasteiger partial charge is 0.270 e. The van der Waals surface area contributed by atoms with Crippen LogP contribution in [0.3, 0.4) is 0 Å². The molecule has 2 aromatic heterocycles. The number of nitrogens with zero attached hydrogens (tertiary/aromatic N) is 3. The summed E-state index contributed by atoms with van der Waals surface area (Å²) in [6.45, 7) is 4.25. The van der Waals surface area contributed by atoms with Crippen LogP contribution < -0.4 is 10.6 Å². The number of aromatic nitrogens is 3. The van der Waals surface area contributed by atoms with Crippen molar-refractivity contribution in [3.05, 3.63) is 65.2 Å². The molecule has 0 saturated heterocycles. The number of anilines is 2. The number of aryl methyl sites for hydroxylation is 2. The van der Waals surface area contributed by atoms with Crippen molar-refractivity contribution in [3.63, 3.8) is 0 Å². The highest BCUT2D eigenvalue weighted by Gasteiger charge is 2.10. The maximum absolute atomic E-state index is 12.2. The summed E-state index contributed by atoms with van der Waals surface area (Å²) in [5.41, 5.74) is 2.49. The number of benzene rings is 1. The summed E-state index contributed by atoms with van der Waals surface area (Å²) in [7, 11) is 0. The lowest BCUT2D eigenvalue weighted by Gasteiger charge is -2.06. The Labute approximate surface area is 139 Å². The summed E-state index contributed by atoms with van der Waals surface area (Å²) in [6, 6.07) is 11.3. The zero-order valence-corrected chi connectivity index (χ0v) is 13.4. The first kappa shape index (κ1) is 15.7. The maximum atomic E-state index is 12.2. The van der Waals surface area contributed by atoms with Crippen molar-refractivity contribution >= 4 is 17.7 Å². The SMILES string of the molecule is Cc1ccc(CNC(=O)c2ccnc(Nc3cc(C)on3)n2)cc1. The minimum atomic E-state index is -0.266. The Kier molecular flexibility index (Phi) is 4.51. The van der Waals surface area contributed by atoms with Crippen LogP contribution in [0.1, 0.15) is 27.4 Å². The molecule has 2 N–H and O–H groups in total. The Morgan fingerprint density at radius 1 is 1.17 bits per heavy atom. The summed E-state index contributed by atoms with van der Waals surface area (Å²) >= 11 is 0. The molecule has 0 radical (unpaired) electrons. The predicted octanol–water partition coefficient (Wildman–Crippen LogP) is 2.76. The van der Waals surface area contributed by atoms with Crippen molar-refractivity contribution in [2.75, 3.05) is 5.32 Å². The molecule has 0 saturated carbocycles. The third-order valence-electron chi connectivity index (χ3n) is 3.33. The molecule has 1 aromatic carbocycles. The Morgan fingerprint density at radius 3 is 2.67 bits per heavy atom. The first-order chi connectivity index (χ1) is 11.6. The van der Waals surface area contributed by atoms with Crippen molar-refractivity contribution in [1.29, 1.82) is 0 Å². The van der Waals surface area contributed by atoms with Gasteiger partial charge < -0.3 is 15.2 Å². The van der Waals surface area contributed by atoms with E-state index < -0.39 is 0 Å². The maximum Gasteiger partial charge on any atom is 0.270 e. The first-order valence-corrected chi connectivity index (χ1v) is 7.47. The van der Waals surface area contributed by atoms with Gasteiger partial charge in [0, 0.05) is 18.8 Å². The van der Waals surface area contributed by atoms with E-state index in [1.807, 2.05) is 31.2 Å². The van der Waals surface area contributed by atoms with E-state index in [0.29, 0.717) is 18.1 Å². The lowest BCUT2D eigenvalue weighted by molar-refractivity contribution is 0.0946. The molecular formula is C17H17N5O2. The van der Waals surface area contributed by atoms with Gasteiger partial charge in [-0.1, -0.05) is 35.0 Å². The van der Waals surface area contributed by atoms with Crippen LogP contribution in [0.5, 0.6) is 0 Å². The molecule has 0 aliphatic heterocycles. The number of carbonyl (C=O) groups is 1. The summed E-state index contributed by atoms with van der Waals surface area (Å²) in [6.07, 6.45) is 1.52. The van der Waals surface area contributed by atoms with Gasteiger partial charge in [-0.05, 0) is 25.5 Å². The van der Waals surface area contributed by atoms with E-state index in [0.717, 1.165) is 5.56 Å². The molecule has 0 bridgehead atoms. The molecule has 0 atom stereocenters. The molecule has 7 heteroatoms. The van der Waals surface area contributed by atoms with Gasteiger partial charge in [-0.15, -0.1) is 0 Å². The molecule has 3 rings (SSSR count). The van der Waals surface area contributed by atoms with Crippen LogP contribution in [0.15, 0.2) is 47.1 Å². The Hall–Kier alpha value is -3.22. The zero-order chi connectivity index (χ0) is 16.9. The minimum absolute atomic E-state index is 0.266. The largest absolute Gasteiger partial charge is 0.360 e. The molecule has 24 heavy (non-hydrogen) atoms. The molecule has 3 aromatic rings. The van der Waals surface area contributed by atoms with Crippen LogP contribution >= 0.6 is 0 Å². The van der Waals surface area contributed by atoms with E-state index in [1.54, 1.807) is 19.1 Å². The van der Waals surface area contributed by atoms with Gasteiger partial charge in [0.1, 0.15) is 11.5 Å². The normalized spacial score (nSPS) is 10.4. The number of amides is 1. The molecule has 0 aliphatic rings. The number of rotatable bonds is 5. The van der Waals surface area contributed by atoms with Crippen LogP contribution in [0.2, 0.25) is 0 Å². The average molecular weight is 323 g/mol. The summed E-state index contributed by atoms with van der Waals surface area (Å²) in [5.74, 6) is 1.18. The van der Waals surface area contributed by atoms with E-state index >= 15 is 0 Å².